The van der Waals surface area contributed by atoms with E-state index in [0.717, 1.165) is 12.8 Å². The normalized spacial score (nSPS) is 43.0. The second-order valence-corrected chi connectivity index (χ2v) is 29.6. The van der Waals surface area contributed by atoms with Crippen molar-refractivity contribution in [1.29, 1.82) is 0 Å². The number of rotatable bonds is 7. The lowest BCUT2D eigenvalue weighted by atomic mass is 9.80. The van der Waals surface area contributed by atoms with Crippen molar-refractivity contribution in [1.82, 2.24) is 4.90 Å². The number of fused-ring (bicyclic) bond motifs is 2. The average molecular weight is 1360 g/mol. The first-order valence-corrected chi connectivity index (χ1v) is 35.5. The first kappa shape index (κ1) is 86.8. The zero-order valence-corrected chi connectivity index (χ0v) is 59.4. The van der Waals surface area contributed by atoms with Gasteiger partial charge in [-0.05, 0) is 161 Å². The molecule has 3 heterocycles. The maximum Gasteiger partial charge on any atom is 0.311 e. The van der Waals surface area contributed by atoms with Crippen molar-refractivity contribution < 1.29 is 111 Å². The molecule has 2 bridgehead atoms. The average Bonchev–Trinajstić information content (AvgIpc) is 0.771. The van der Waals surface area contributed by atoms with Crippen molar-refractivity contribution in [3.8, 4) is 0 Å². The first-order chi connectivity index (χ1) is 44.4. The van der Waals surface area contributed by atoms with Gasteiger partial charge in [-0.1, -0.05) is 91.7 Å². The number of aliphatic hydroxyl groups excluding tert-OH is 16. The summed E-state index contributed by atoms with van der Waals surface area (Å²) in [5.74, 6) is -6.50. The molecule has 3 rings (SSSR count). The molecule has 0 aromatic heterocycles. The van der Waals surface area contributed by atoms with Gasteiger partial charge in [0.2, 0.25) is 0 Å². The summed E-state index contributed by atoms with van der Waals surface area (Å²) in [6.07, 6.45) is -8.64. The van der Waals surface area contributed by atoms with E-state index in [1.165, 1.54) is 12.2 Å². The molecule has 0 spiro atoms. The number of aliphatic hydroxyl groups is 17. The summed E-state index contributed by atoms with van der Waals surface area (Å²) in [5.41, 5.74) is 0.995. The summed E-state index contributed by atoms with van der Waals surface area (Å²) in [5, 5.41) is 190. The number of esters is 1. The Morgan fingerprint density at radius 2 is 1.19 bits per heavy atom. The van der Waals surface area contributed by atoms with Gasteiger partial charge in [-0.15, -0.1) is 0 Å². The van der Waals surface area contributed by atoms with Crippen LogP contribution >= 0.6 is 0 Å². The van der Waals surface area contributed by atoms with Gasteiger partial charge in [0.05, 0.1) is 122 Å². The number of nitrogens with zero attached hydrogens (tertiary/aromatic N) is 1. The summed E-state index contributed by atoms with van der Waals surface area (Å²) in [6, 6.07) is -0.781. The van der Waals surface area contributed by atoms with Crippen LogP contribution in [0.4, 0.5) is 0 Å². The highest BCUT2D eigenvalue weighted by Crippen LogP contribution is 2.42. The van der Waals surface area contributed by atoms with E-state index in [1.54, 1.807) is 106 Å². The number of hydrogen-bond acceptors (Lipinski definition) is 23. The highest BCUT2D eigenvalue weighted by Gasteiger charge is 2.53. The van der Waals surface area contributed by atoms with Gasteiger partial charge in [-0.2, -0.15) is 0 Å². The van der Waals surface area contributed by atoms with E-state index in [-0.39, 0.29) is 89.4 Å². The Morgan fingerprint density at radius 1 is 0.611 bits per heavy atom. The van der Waals surface area contributed by atoms with Crippen LogP contribution in [0.25, 0.3) is 0 Å². The van der Waals surface area contributed by atoms with E-state index >= 15 is 0 Å². The van der Waals surface area contributed by atoms with Gasteiger partial charge >= 0.3 is 5.97 Å². The summed E-state index contributed by atoms with van der Waals surface area (Å²) >= 11 is 0. The number of carbonyl (C=O) groups excluding carboxylic acids is 1. The lowest BCUT2D eigenvalue weighted by Crippen LogP contribution is -2.64. The maximum atomic E-state index is 13.7. The number of hydrogen-bond donors (Lipinski definition) is 17. The predicted octanol–water partition coefficient (Wildman–Crippen LogP) is 4.11. The Morgan fingerprint density at radius 3 is 1.80 bits per heavy atom. The van der Waals surface area contributed by atoms with E-state index in [0.29, 0.717) is 42.7 Å². The summed E-state index contributed by atoms with van der Waals surface area (Å²) < 4.78 is 24.5. The summed E-state index contributed by atoms with van der Waals surface area (Å²) in [6.45, 7) is 19.3. The fourth-order valence-electron chi connectivity index (χ4n) is 13.4. The minimum Gasteiger partial charge on any atom is -0.458 e. The lowest BCUT2D eigenvalue weighted by molar-refractivity contribution is -0.351. The van der Waals surface area contributed by atoms with Gasteiger partial charge in [0.1, 0.15) is 12.2 Å². The SMILES string of the molecule is CC1=CC(CCCC(C)C)C(O)C(O)CCC(O)CC(O)CC(O)C(C)CCC(O)C(C)C(O)CCCC(O)CC(O)C=CC(C)OC(=O)CC2(O)OC(CC(OC3OC(C)C(O)C(N(C)C)C3O)C2C)C(C)C(O)C(C)=CC=CCC(O)C(C)C(O)CCCC(O)CC1O. The zero-order valence-electron chi connectivity index (χ0n) is 59.4. The van der Waals surface area contributed by atoms with Gasteiger partial charge in [0.15, 0.2) is 12.1 Å². The molecule has 23 nitrogen and oxygen atoms in total. The molecule has 0 aromatic carbocycles. The van der Waals surface area contributed by atoms with Crippen molar-refractivity contribution in [2.24, 2.45) is 41.4 Å². The van der Waals surface area contributed by atoms with Gasteiger partial charge in [0, 0.05) is 48.9 Å². The Labute approximate surface area is 567 Å². The van der Waals surface area contributed by atoms with E-state index in [2.05, 4.69) is 13.8 Å². The second-order valence-electron chi connectivity index (χ2n) is 29.6. The molecule has 0 saturated carbocycles. The standard InChI is InChI=1S/C72H131NO22/c1-40(2)19-16-21-50-33-43(5)62(85)36-52(75)23-18-26-57(80)45(7)56(79)24-15-14-20-42(4)67(87)47(9)63-38-64(94-71-70(90)66(73(12)13)68(88)49(11)93-71)48(10)72(91,95-63)39-65(86)92-44(6)28-29-53(76)34-51(74)22-17-25-58(81)46(8)59(82)31-27-41(3)61(84)37-55(78)35-54(77)30-32-60(83)69(50)89/h14-15,20,28-29,33,40-41,44-64,66-71,74-85,87-91H,16-19,21-27,30-32,34-39H2,1-13H3. The Kier molecular flexibility index (Phi) is 39.1. The molecule has 0 aliphatic carbocycles. The van der Waals surface area contributed by atoms with Gasteiger partial charge in [-0.3, -0.25) is 4.79 Å². The number of allylic oxidation sites excluding steroid dienone is 2. The van der Waals surface area contributed by atoms with Crippen molar-refractivity contribution in [3.05, 3.63) is 47.6 Å². The van der Waals surface area contributed by atoms with Crippen molar-refractivity contribution >= 4 is 5.97 Å². The highest BCUT2D eigenvalue weighted by molar-refractivity contribution is 5.71. The van der Waals surface area contributed by atoms with Crippen molar-refractivity contribution in [2.45, 2.75) is 345 Å². The predicted molar refractivity (Wildman–Crippen MR) is 360 cm³/mol. The van der Waals surface area contributed by atoms with E-state index in [1.807, 2.05) is 0 Å². The molecule has 0 radical (unpaired) electrons. The zero-order chi connectivity index (χ0) is 71.8. The Bertz CT molecular complexity index is 2260. The third-order valence-corrected chi connectivity index (χ3v) is 20.6. The van der Waals surface area contributed by atoms with Crippen LogP contribution in [0.5, 0.6) is 0 Å². The van der Waals surface area contributed by atoms with Crippen molar-refractivity contribution in [3.63, 3.8) is 0 Å². The molecule has 23 heteroatoms. The molecule has 3 aliphatic rings. The first-order valence-electron chi connectivity index (χ1n) is 35.5. The molecule has 3 aliphatic heterocycles. The van der Waals surface area contributed by atoms with Crippen molar-refractivity contribution in [2.75, 3.05) is 14.1 Å². The van der Waals surface area contributed by atoms with Gasteiger partial charge in [-0.25, -0.2) is 0 Å². The van der Waals surface area contributed by atoms with Gasteiger partial charge < -0.3 is 111 Å². The van der Waals surface area contributed by atoms with Crippen LogP contribution in [0, 0.1) is 41.4 Å². The van der Waals surface area contributed by atoms with Crippen LogP contribution < -0.4 is 0 Å². The van der Waals surface area contributed by atoms with E-state index in [9.17, 15) is 91.6 Å². The molecular formula is C72H131NO22. The summed E-state index contributed by atoms with van der Waals surface area (Å²) in [7, 11) is 3.40. The highest BCUT2D eigenvalue weighted by atomic mass is 16.7. The summed E-state index contributed by atoms with van der Waals surface area (Å²) in [4.78, 5) is 15.4. The minimum atomic E-state index is -2.26. The van der Waals surface area contributed by atoms with Crippen LogP contribution in [0.2, 0.25) is 0 Å². The van der Waals surface area contributed by atoms with Crippen LogP contribution in [0.1, 0.15) is 205 Å². The topological polar surface area (TPSA) is 401 Å². The largest absolute Gasteiger partial charge is 0.458 e. The Hall–Kier alpha value is -2.41. The monoisotopic (exact) mass is 1360 g/mol. The molecule has 0 amide bonds. The van der Waals surface area contributed by atoms with Crippen LogP contribution in [-0.2, 0) is 23.7 Å². The molecular weight excluding hydrogens is 1230 g/mol. The second kappa shape index (κ2) is 42.8. The minimum absolute atomic E-state index is 0.00761. The molecule has 29 unspecified atom stereocenters. The molecule has 95 heavy (non-hydrogen) atoms. The van der Waals surface area contributed by atoms with E-state index < -0.39 is 182 Å². The van der Waals surface area contributed by atoms with Crippen LogP contribution in [0.15, 0.2) is 47.6 Å². The van der Waals surface area contributed by atoms with Crippen LogP contribution in [-0.4, -0.2) is 252 Å². The number of cyclic esters (lactones) is 1. The molecule has 29 atom stereocenters. The molecule has 2 saturated heterocycles. The number of carbonyl (C=O) groups is 1. The smallest absolute Gasteiger partial charge is 0.311 e. The fraction of sp³-hybridized carbons (Fsp3) is 0.875. The fourth-order valence-corrected chi connectivity index (χ4v) is 13.4. The lowest BCUT2D eigenvalue weighted by Gasteiger charge is -2.50. The number of ether oxygens (including phenoxy) is 4. The maximum absolute atomic E-state index is 13.7. The number of likely N-dealkylation sites (N-methyl/N-ethyl adjacent to an activating group) is 1. The Balaban J connectivity index is 1.86. The molecule has 0 aromatic rings. The van der Waals surface area contributed by atoms with Crippen LogP contribution in [0.3, 0.4) is 0 Å². The third-order valence-electron chi connectivity index (χ3n) is 20.6. The molecule has 17 N–H and O–H groups in total. The molecule has 556 valence electrons. The molecule has 2 fully saturated rings. The van der Waals surface area contributed by atoms with E-state index in [4.69, 9.17) is 18.9 Å². The third kappa shape index (κ3) is 29.6. The van der Waals surface area contributed by atoms with Gasteiger partial charge in [0.25, 0.3) is 0 Å². The quantitative estimate of drug-likeness (QED) is 0.126.